The summed E-state index contributed by atoms with van der Waals surface area (Å²) in [6.45, 7) is -0.0855. The van der Waals surface area contributed by atoms with Gasteiger partial charge in [0.15, 0.2) is 5.75 Å². The summed E-state index contributed by atoms with van der Waals surface area (Å²) in [5, 5.41) is 8.55. The van der Waals surface area contributed by atoms with Gasteiger partial charge in [0, 0.05) is 18.0 Å². The number of aliphatic carboxylic acids is 1. The summed E-state index contributed by atoms with van der Waals surface area (Å²) in [5.74, 6) is -2.03. The van der Waals surface area contributed by atoms with Crippen molar-refractivity contribution in [2.45, 2.75) is 17.7 Å². The molecule has 0 aliphatic rings. The second kappa shape index (κ2) is 8.14. The van der Waals surface area contributed by atoms with Gasteiger partial charge in [-0.3, -0.25) is 4.79 Å². The van der Waals surface area contributed by atoms with Crippen molar-refractivity contribution < 1.29 is 32.6 Å². The third-order valence-corrected chi connectivity index (χ3v) is 4.46. The van der Waals surface area contributed by atoms with Crippen LogP contribution in [0.25, 0.3) is 0 Å². The van der Waals surface area contributed by atoms with E-state index in [0.717, 1.165) is 13.2 Å². The van der Waals surface area contributed by atoms with Crippen molar-refractivity contribution in [3.63, 3.8) is 0 Å². The van der Waals surface area contributed by atoms with Gasteiger partial charge in [0.1, 0.15) is 10.5 Å². The second-order valence-corrected chi connectivity index (χ2v) is 6.54. The highest BCUT2D eigenvalue weighted by Gasteiger charge is 2.26. The van der Waals surface area contributed by atoms with Crippen molar-refractivity contribution in [1.29, 1.82) is 0 Å². The Kier molecular flexibility index (Phi) is 6.79. The predicted molar refractivity (Wildman–Crippen MR) is 81.4 cm³/mol. The molecule has 0 atom stereocenters. The SMILES string of the molecule is COC(=O)c1cc(Cl)cc(S(=O)(=O)NCCCC(=O)O)c1OC. The van der Waals surface area contributed by atoms with Crippen LogP contribution in [-0.4, -0.2) is 46.2 Å². The number of ether oxygens (including phenoxy) is 2. The Labute approximate surface area is 138 Å². The zero-order chi connectivity index (χ0) is 17.6. The first-order valence-electron chi connectivity index (χ1n) is 6.40. The molecule has 0 bridgehead atoms. The Morgan fingerprint density at radius 3 is 2.48 bits per heavy atom. The average molecular weight is 366 g/mol. The monoisotopic (exact) mass is 365 g/mol. The third kappa shape index (κ3) is 5.08. The van der Waals surface area contributed by atoms with E-state index in [9.17, 15) is 18.0 Å². The van der Waals surface area contributed by atoms with Gasteiger partial charge >= 0.3 is 11.9 Å². The summed E-state index contributed by atoms with van der Waals surface area (Å²) < 4.78 is 36.5. The minimum Gasteiger partial charge on any atom is -0.494 e. The zero-order valence-corrected chi connectivity index (χ0v) is 14.0. The molecular weight excluding hydrogens is 350 g/mol. The van der Waals surface area contributed by atoms with E-state index in [4.69, 9.17) is 21.4 Å². The van der Waals surface area contributed by atoms with E-state index >= 15 is 0 Å². The molecule has 0 spiro atoms. The Morgan fingerprint density at radius 2 is 1.96 bits per heavy atom. The maximum atomic E-state index is 12.3. The van der Waals surface area contributed by atoms with Gasteiger partial charge in [-0.1, -0.05) is 11.6 Å². The van der Waals surface area contributed by atoms with E-state index in [1.807, 2.05) is 0 Å². The molecule has 0 aliphatic carbocycles. The average Bonchev–Trinajstić information content (AvgIpc) is 2.49. The van der Waals surface area contributed by atoms with Gasteiger partial charge in [-0.25, -0.2) is 17.9 Å². The lowest BCUT2D eigenvalue weighted by Gasteiger charge is -2.14. The van der Waals surface area contributed by atoms with Crippen LogP contribution in [0.1, 0.15) is 23.2 Å². The van der Waals surface area contributed by atoms with E-state index in [1.54, 1.807) is 0 Å². The molecule has 0 heterocycles. The number of halogens is 1. The van der Waals surface area contributed by atoms with Crippen molar-refractivity contribution in [3.8, 4) is 5.75 Å². The minimum atomic E-state index is -4.05. The van der Waals surface area contributed by atoms with E-state index in [1.165, 1.54) is 13.2 Å². The van der Waals surface area contributed by atoms with Crippen molar-refractivity contribution in [1.82, 2.24) is 4.72 Å². The van der Waals surface area contributed by atoms with Crippen LogP contribution in [0, 0.1) is 0 Å². The van der Waals surface area contributed by atoms with Gasteiger partial charge in [-0.2, -0.15) is 0 Å². The first-order valence-corrected chi connectivity index (χ1v) is 8.26. The van der Waals surface area contributed by atoms with Crippen molar-refractivity contribution in [3.05, 3.63) is 22.7 Å². The number of benzene rings is 1. The number of nitrogens with one attached hydrogen (secondary N) is 1. The summed E-state index contributed by atoms with van der Waals surface area (Å²) in [4.78, 5) is 21.8. The lowest BCUT2D eigenvalue weighted by Crippen LogP contribution is -2.26. The van der Waals surface area contributed by atoms with Crippen molar-refractivity contribution in [2.24, 2.45) is 0 Å². The van der Waals surface area contributed by atoms with Gasteiger partial charge in [-0.15, -0.1) is 0 Å². The number of carbonyl (C=O) groups excluding carboxylic acids is 1. The molecule has 2 N–H and O–H groups in total. The predicted octanol–water partition coefficient (Wildman–Crippen LogP) is 1.28. The topological polar surface area (TPSA) is 119 Å². The number of carbonyl (C=O) groups is 2. The quantitative estimate of drug-likeness (QED) is 0.526. The second-order valence-electron chi connectivity index (χ2n) is 4.37. The molecule has 0 saturated heterocycles. The molecule has 8 nitrogen and oxygen atoms in total. The van der Waals surface area contributed by atoms with E-state index < -0.39 is 22.0 Å². The number of hydrogen-bond donors (Lipinski definition) is 2. The van der Waals surface area contributed by atoms with Crippen LogP contribution in [-0.2, 0) is 19.6 Å². The molecule has 0 aromatic heterocycles. The zero-order valence-electron chi connectivity index (χ0n) is 12.5. The fraction of sp³-hybridized carbons (Fsp3) is 0.385. The maximum Gasteiger partial charge on any atom is 0.341 e. The van der Waals surface area contributed by atoms with Crippen LogP contribution in [0.4, 0.5) is 0 Å². The minimum absolute atomic E-state index is 0.0112. The van der Waals surface area contributed by atoms with E-state index in [-0.39, 0.29) is 40.6 Å². The molecule has 0 aliphatic heterocycles. The molecule has 128 valence electrons. The van der Waals surface area contributed by atoms with Gasteiger partial charge < -0.3 is 14.6 Å². The number of methoxy groups -OCH3 is 2. The van der Waals surface area contributed by atoms with Crippen LogP contribution >= 0.6 is 11.6 Å². The lowest BCUT2D eigenvalue weighted by atomic mass is 10.2. The Bertz CT molecular complexity index is 703. The Morgan fingerprint density at radius 1 is 1.30 bits per heavy atom. The summed E-state index contributed by atoms with van der Waals surface area (Å²) in [7, 11) is -1.70. The highest BCUT2D eigenvalue weighted by atomic mass is 35.5. The molecule has 1 aromatic carbocycles. The highest BCUT2D eigenvalue weighted by Crippen LogP contribution is 2.32. The molecule has 23 heavy (non-hydrogen) atoms. The van der Waals surface area contributed by atoms with Gasteiger partial charge in [0.05, 0.1) is 14.2 Å². The summed E-state index contributed by atoms with van der Waals surface area (Å²) in [6.07, 6.45) is -0.0656. The van der Waals surface area contributed by atoms with Crippen molar-refractivity contribution >= 4 is 33.6 Å². The summed E-state index contributed by atoms with van der Waals surface area (Å²) in [5.41, 5.74) is -0.131. The highest BCUT2D eigenvalue weighted by molar-refractivity contribution is 7.89. The largest absolute Gasteiger partial charge is 0.494 e. The number of sulfonamides is 1. The standard InChI is InChI=1S/C13H16ClNO7S/c1-21-12-9(13(18)22-2)6-8(14)7-10(12)23(19,20)15-5-3-4-11(16)17/h6-7,15H,3-5H2,1-2H3,(H,16,17). The number of esters is 1. The molecule has 0 saturated carbocycles. The third-order valence-electron chi connectivity index (χ3n) is 2.78. The molecule has 1 rings (SSSR count). The molecule has 10 heteroatoms. The fourth-order valence-corrected chi connectivity index (χ4v) is 3.34. The number of carboxylic acid groups (broad SMARTS) is 1. The van der Waals surface area contributed by atoms with Crippen LogP contribution in [0.15, 0.2) is 17.0 Å². The van der Waals surface area contributed by atoms with Crippen LogP contribution in [0.3, 0.4) is 0 Å². The fourth-order valence-electron chi connectivity index (χ4n) is 1.76. The first-order chi connectivity index (χ1) is 10.7. The summed E-state index contributed by atoms with van der Waals surface area (Å²) >= 11 is 5.86. The van der Waals surface area contributed by atoms with Crippen LogP contribution in [0.2, 0.25) is 5.02 Å². The van der Waals surface area contributed by atoms with Crippen LogP contribution < -0.4 is 9.46 Å². The molecule has 0 amide bonds. The number of carboxylic acids is 1. The van der Waals surface area contributed by atoms with Gasteiger partial charge in [0.2, 0.25) is 10.0 Å². The van der Waals surface area contributed by atoms with E-state index in [2.05, 4.69) is 9.46 Å². The Balaban J connectivity index is 3.17. The lowest BCUT2D eigenvalue weighted by molar-refractivity contribution is -0.137. The van der Waals surface area contributed by atoms with Crippen molar-refractivity contribution in [2.75, 3.05) is 20.8 Å². The first kappa shape index (κ1) is 19.2. The maximum absolute atomic E-state index is 12.3. The van der Waals surface area contributed by atoms with Crippen LogP contribution in [0.5, 0.6) is 5.75 Å². The summed E-state index contributed by atoms with van der Waals surface area (Å²) in [6, 6.07) is 2.36. The normalized spacial score (nSPS) is 11.1. The number of rotatable bonds is 8. The molecule has 0 fully saturated rings. The van der Waals surface area contributed by atoms with Gasteiger partial charge in [0.25, 0.3) is 0 Å². The Hall–Kier alpha value is -1.84. The molecule has 0 unspecified atom stereocenters. The van der Waals surface area contributed by atoms with Gasteiger partial charge in [-0.05, 0) is 18.6 Å². The molecular formula is C13H16ClNO7S. The van der Waals surface area contributed by atoms with E-state index in [0.29, 0.717) is 0 Å². The number of hydrogen-bond acceptors (Lipinski definition) is 6. The smallest absolute Gasteiger partial charge is 0.341 e. The molecule has 0 radical (unpaired) electrons. The molecule has 1 aromatic rings.